The zero-order valence-corrected chi connectivity index (χ0v) is 13.0. The van der Waals surface area contributed by atoms with Crippen LogP contribution in [0.1, 0.15) is 31.9 Å². The summed E-state index contributed by atoms with van der Waals surface area (Å²) in [6.45, 7) is 12.3. The number of hydrogen-bond donors (Lipinski definition) is 1. The number of likely N-dealkylation sites (N-methyl/N-ethyl adjacent to an activating group) is 1. The molecule has 0 saturated heterocycles. The molecule has 0 unspecified atom stereocenters. The van der Waals surface area contributed by atoms with Gasteiger partial charge in [0, 0.05) is 25.7 Å². The van der Waals surface area contributed by atoms with Crippen LogP contribution in [0.5, 0.6) is 5.75 Å². The smallest absolute Gasteiger partial charge is 0.122 e. The molecular weight excluding hydrogens is 236 g/mol. The zero-order valence-electron chi connectivity index (χ0n) is 13.0. The van der Waals surface area contributed by atoms with E-state index >= 15 is 0 Å². The Bertz CT molecular complexity index is 377. The highest BCUT2D eigenvalue weighted by Crippen LogP contribution is 2.19. The van der Waals surface area contributed by atoms with E-state index in [1.165, 1.54) is 11.1 Å². The van der Waals surface area contributed by atoms with E-state index in [9.17, 15) is 0 Å². The third-order valence-electron chi connectivity index (χ3n) is 3.04. The first-order valence-electron chi connectivity index (χ1n) is 7.17. The van der Waals surface area contributed by atoms with Crippen molar-refractivity contribution in [1.29, 1.82) is 0 Å². The Morgan fingerprint density at radius 3 is 2.63 bits per heavy atom. The van der Waals surface area contributed by atoms with E-state index in [2.05, 4.69) is 56.2 Å². The molecule has 3 nitrogen and oxygen atoms in total. The van der Waals surface area contributed by atoms with Crippen LogP contribution in [0.3, 0.4) is 0 Å². The van der Waals surface area contributed by atoms with E-state index < -0.39 is 0 Å². The van der Waals surface area contributed by atoms with Gasteiger partial charge in [-0.05, 0) is 38.1 Å². The Balaban J connectivity index is 2.45. The average Bonchev–Trinajstić information content (AvgIpc) is 2.32. The molecular formula is C16H28N2O. The first-order valence-corrected chi connectivity index (χ1v) is 7.17. The molecule has 0 amide bonds. The maximum Gasteiger partial charge on any atom is 0.122 e. The first-order chi connectivity index (χ1) is 9.02. The molecule has 1 rings (SSSR count). The van der Waals surface area contributed by atoms with Gasteiger partial charge < -0.3 is 15.0 Å². The van der Waals surface area contributed by atoms with Crippen molar-refractivity contribution in [2.45, 2.75) is 40.3 Å². The number of hydrogen-bond acceptors (Lipinski definition) is 3. The zero-order chi connectivity index (χ0) is 14.3. The quantitative estimate of drug-likeness (QED) is 0.781. The highest BCUT2D eigenvalue weighted by atomic mass is 16.5. The fourth-order valence-corrected chi connectivity index (χ4v) is 2.06. The maximum absolute atomic E-state index is 5.56. The number of benzene rings is 1. The fraction of sp³-hybridized carbons (Fsp3) is 0.625. The third kappa shape index (κ3) is 6.08. The van der Waals surface area contributed by atoms with Crippen LogP contribution in [0.4, 0.5) is 0 Å². The van der Waals surface area contributed by atoms with Crippen molar-refractivity contribution < 1.29 is 4.74 Å². The van der Waals surface area contributed by atoms with Gasteiger partial charge in [-0.1, -0.05) is 26.0 Å². The topological polar surface area (TPSA) is 24.5 Å². The summed E-state index contributed by atoms with van der Waals surface area (Å²) >= 11 is 0. The van der Waals surface area contributed by atoms with Crippen molar-refractivity contribution in [1.82, 2.24) is 10.2 Å². The predicted molar refractivity (Wildman–Crippen MR) is 81.8 cm³/mol. The molecule has 0 atom stereocenters. The number of ether oxygens (including phenoxy) is 1. The van der Waals surface area contributed by atoms with Gasteiger partial charge in [-0.25, -0.2) is 0 Å². The molecule has 0 fully saturated rings. The van der Waals surface area contributed by atoms with Gasteiger partial charge in [0.2, 0.25) is 0 Å². The number of nitrogens with one attached hydrogen (secondary N) is 1. The van der Waals surface area contributed by atoms with Crippen molar-refractivity contribution >= 4 is 0 Å². The number of rotatable bonds is 8. The summed E-state index contributed by atoms with van der Waals surface area (Å²) in [5.41, 5.74) is 2.56. The summed E-state index contributed by atoms with van der Waals surface area (Å²) in [6, 6.07) is 7.01. The highest BCUT2D eigenvalue weighted by Gasteiger charge is 2.04. The lowest BCUT2D eigenvalue weighted by Gasteiger charge is -2.19. The van der Waals surface area contributed by atoms with Crippen LogP contribution < -0.4 is 10.1 Å². The molecule has 0 spiro atoms. The molecule has 0 aliphatic heterocycles. The Labute approximate surface area is 118 Å². The van der Waals surface area contributed by atoms with Crippen LogP contribution >= 0.6 is 0 Å². The van der Waals surface area contributed by atoms with Gasteiger partial charge in [-0.3, -0.25) is 0 Å². The van der Waals surface area contributed by atoms with Crippen molar-refractivity contribution in [2.24, 2.45) is 0 Å². The monoisotopic (exact) mass is 264 g/mol. The summed E-state index contributed by atoms with van der Waals surface area (Å²) < 4.78 is 5.56. The van der Waals surface area contributed by atoms with Gasteiger partial charge in [0.15, 0.2) is 0 Å². The van der Waals surface area contributed by atoms with Crippen LogP contribution in [0.15, 0.2) is 18.2 Å². The summed E-state index contributed by atoms with van der Waals surface area (Å²) in [7, 11) is 2.16. The van der Waals surface area contributed by atoms with Gasteiger partial charge in [0.1, 0.15) is 5.75 Å². The SMILES string of the molecule is CCOc1ccc(CN(C)CCNC(C)C)cc1C. The summed E-state index contributed by atoms with van der Waals surface area (Å²) in [5.74, 6) is 0.996. The Morgan fingerprint density at radius 1 is 1.32 bits per heavy atom. The van der Waals surface area contributed by atoms with Crippen LogP contribution in [0.2, 0.25) is 0 Å². The molecule has 0 aromatic heterocycles. The molecule has 0 aliphatic rings. The van der Waals surface area contributed by atoms with Crippen LogP contribution in [-0.4, -0.2) is 37.7 Å². The van der Waals surface area contributed by atoms with E-state index in [0.29, 0.717) is 6.04 Å². The molecule has 1 aromatic carbocycles. The lowest BCUT2D eigenvalue weighted by atomic mass is 10.1. The minimum atomic E-state index is 0.557. The molecule has 0 bridgehead atoms. The Kier molecular flexibility index (Phi) is 6.89. The number of aryl methyl sites for hydroxylation is 1. The molecule has 1 aromatic rings. The molecule has 0 radical (unpaired) electrons. The minimum absolute atomic E-state index is 0.557. The van der Waals surface area contributed by atoms with Gasteiger partial charge in [0.05, 0.1) is 6.61 Å². The maximum atomic E-state index is 5.56. The highest BCUT2D eigenvalue weighted by molar-refractivity contribution is 5.36. The average molecular weight is 264 g/mol. The van der Waals surface area contributed by atoms with E-state index in [4.69, 9.17) is 4.74 Å². The van der Waals surface area contributed by atoms with Crippen molar-refractivity contribution in [3.05, 3.63) is 29.3 Å². The largest absolute Gasteiger partial charge is 0.494 e. The second-order valence-electron chi connectivity index (χ2n) is 5.38. The van der Waals surface area contributed by atoms with Crippen molar-refractivity contribution in [3.63, 3.8) is 0 Å². The molecule has 3 heteroatoms. The Hall–Kier alpha value is -1.06. The van der Waals surface area contributed by atoms with Crippen LogP contribution in [-0.2, 0) is 6.54 Å². The van der Waals surface area contributed by atoms with Crippen molar-refractivity contribution in [3.8, 4) is 5.75 Å². The summed E-state index contributed by atoms with van der Waals surface area (Å²) in [6.07, 6.45) is 0. The van der Waals surface area contributed by atoms with E-state index in [1.54, 1.807) is 0 Å². The fourth-order valence-electron chi connectivity index (χ4n) is 2.06. The van der Waals surface area contributed by atoms with Crippen LogP contribution in [0.25, 0.3) is 0 Å². The van der Waals surface area contributed by atoms with Crippen LogP contribution in [0, 0.1) is 6.92 Å². The predicted octanol–water partition coefficient (Wildman–Crippen LogP) is 2.82. The summed E-state index contributed by atoms with van der Waals surface area (Å²) in [4.78, 5) is 2.34. The molecule has 0 heterocycles. The molecule has 0 saturated carbocycles. The second-order valence-corrected chi connectivity index (χ2v) is 5.38. The minimum Gasteiger partial charge on any atom is -0.494 e. The van der Waals surface area contributed by atoms with Gasteiger partial charge in [-0.15, -0.1) is 0 Å². The van der Waals surface area contributed by atoms with E-state index in [0.717, 1.165) is 32.0 Å². The number of nitrogens with zero attached hydrogens (tertiary/aromatic N) is 1. The third-order valence-corrected chi connectivity index (χ3v) is 3.04. The summed E-state index contributed by atoms with van der Waals surface area (Å²) in [5, 5.41) is 3.44. The van der Waals surface area contributed by atoms with E-state index in [1.807, 2.05) is 6.92 Å². The lowest BCUT2D eigenvalue weighted by Crippen LogP contribution is -2.32. The molecule has 19 heavy (non-hydrogen) atoms. The first kappa shape index (κ1) is 16.0. The standard InChI is InChI=1S/C16H28N2O/c1-6-19-16-8-7-15(11-14(16)4)12-18(5)10-9-17-13(2)3/h7-8,11,13,17H,6,9-10,12H2,1-5H3. The molecule has 108 valence electrons. The van der Waals surface area contributed by atoms with Gasteiger partial charge in [-0.2, -0.15) is 0 Å². The van der Waals surface area contributed by atoms with E-state index in [-0.39, 0.29) is 0 Å². The van der Waals surface area contributed by atoms with Gasteiger partial charge in [0.25, 0.3) is 0 Å². The van der Waals surface area contributed by atoms with Crippen molar-refractivity contribution in [2.75, 3.05) is 26.7 Å². The van der Waals surface area contributed by atoms with Gasteiger partial charge >= 0.3 is 0 Å². The molecule has 1 N–H and O–H groups in total. The normalized spacial score (nSPS) is 11.3. The second kappa shape index (κ2) is 8.18. The lowest BCUT2D eigenvalue weighted by molar-refractivity contribution is 0.318. The molecule has 0 aliphatic carbocycles. The Morgan fingerprint density at radius 2 is 2.05 bits per heavy atom.